The minimum absolute atomic E-state index is 0.0224. The highest BCUT2D eigenvalue weighted by Gasteiger charge is 2.58. The Kier molecular flexibility index (Phi) is 1.60. The van der Waals surface area contributed by atoms with Crippen LogP contribution in [0.3, 0.4) is 0 Å². The monoisotopic (exact) mass is 156 g/mol. The largest absolute Gasteiger partial charge is 0.466 e. The molecule has 0 aromatic rings. The van der Waals surface area contributed by atoms with Gasteiger partial charge in [0.25, 0.3) is 0 Å². The van der Waals surface area contributed by atoms with Gasteiger partial charge in [-0.1, -0.05) is 0 Å². The molecule has 11 heavy (non-hydrogen) atoms. The molecular formula is C8H12O3. The zero-order chi connectivity index (χ0) is 7.84. The van der Waals surface area contributed by atoms with Crippen molar-refractivity contribution in [3.05, 3.63) is 0 Å². The van der Waals surface area contributed by atoms with Gasteiger partial charge in [-0.3, -0.25) is 4.79 Å². The van der Waals surface area contributed by atoms with Crippen LogP contribution in [0.2, 0.25) is 0 Å². The highest BCUT2D eigenvalue weighted by molar-refractivity contribution is 5.76. The Labute approximate surface area is 65.7 Å². The summed E-state index contributed by atoms with van der Waals surface area (Å²) in [5.74, 6) is 1.11. The molecule has 0 aromatic heterocycles. The number of ether oxygens (including phenoxy) is 2. The Morgan fingerprint density at radius 2 is 2.18 bits per heavy atom. The number of esters is 1. The third-order valence-corrected chi connectivity index (χ3v) is 2.51. The normalized spacial score (nSPS) is 39.9. The van der Waals surface area contributed by atoms with E-state index in [-0.39, 0.29) is 11.9 Å². The van der Waals surface area contributed by atoms with Crippen LogP contribution in [-0.2, 0) is 14.3 Å². The molecule has 1 heterocycles. The summed E-state index contributed by atoms with van der Waals surface area (Å²) in [5.41, 5.74) is 0. The molecule has 2 rings (SSSR count). The van der Waals surface area contributed by atoms with Gasteiger partial charge in [-0.15, -0.1) is 0 Å². The molecule has 3 nitrogen and oxygen atoms in total. The summed E-state index contributed by atoms with van der Waals surface area (Å²) in [4.78, 5) is 11.1. The molecule has 2 fully saturated rings. The van der Waals surface area contributed by atoms with Crippen LogP contribution < -0.4 is 0 Å². The van der Waals surface area contributed by atoms with Gasteiger partial charge in [0.15, 0.2) is 0 Å². The number of rotatable bonds is 2. The summed E-state index contributed by atoms with van der Waals surface area (Å²) in [6.45, 7) is 3.85. The quantitative estimate of drug-likeness (QED) is 0.544. The van der Waals surface area contributed by atoms with Gasteiger partial charge in [0.2, 0.25) is 0 Å². The van der Waals surface area contributed by atoms with Crippen molar-refractivity contribution < 1.29 is 14.3 Å². The van der Waals surface area contributed by atoms with E-state index >= 15 is 0 Å². The van der Waals surface area contributed by atoms with Crippen LogP contribution in [0.1, 0.15) is 6.92 Å². The second kappa shape index (κ2) is 2.48. The number of fused-ring (bicyclic) bond motifs is 1. The molecule has 1 saturated heterocycles. The van der Waals surface area contributed by atoms with E-state index in [1.807, 2.05) is 6.92 Å². The molecular weight excluding hydrogens is 144 g/mol. The molecule has 3 heteroatoms. The van der Waals surface area contributed by atoms with Crippen LogP contribution in [0.4, 0.5) is 0 Å². The molecule has 0 aromatic carbocycles. The Balaban J connectivity index is 1.85. The summed E-state index contributed by atoms with van der Waals surface area (Å²) in [5, 5.41) is 0. The van der Waals surface area contributed by atoms with Crippen molar-refractivity contribution in [1.29, 1.82) is 0 Å². The molecule has 3 atom stereocenters. The van der Waals surface area contributed by atoms with Crippen LogP contribution in [0.15, 0.2) is 0 Å². The molecule has 0 spiro atoms. The molecule has 62 valence electrons. The van der Waals surface area contributed by atoms with Crippen LogP contribution in [0.25, 0.3) is 0 Å². The van der Waals surface area contributed by atoms with Crippen LogP contribution in [0.5, 0.6) is 0 Å². The van der Waals surface area contributed by atoms with Crippen molar-refractivity contribution in [2.75, 3.05) is 19.8 Å². The molecule has 2 aliphatic rings. The van der Waals surface area contributed by atoms with E-state index < -0.39 is 0 Å². The number of hydrogen-bond acceptors (Lipinski definition) is 3. The summed E-state index contributed by atoms with van der Waals surface area (Å²) in [6.07, 6.45) is 0. The predicted octanol–water partition coefficient (Wildman–Crippen LogP) is 0.442. The van der Waals surface area contributed by atoms with E-state index in [9.17, 15) is 4.79 Å². The zero-order valence-electron chi connectivity index (χ0n) is 6.58. The highest BCUT2D eigenvalue weighted by atomic mass is 16.5. The minimum Gasteiger partial charge on any atom is -0.466 e. The van der Waals surface area contributed by atoms with E-state index in [4.69, 9.17) is 9.47 Å². The third kappa shape index (κ3) is 1.03. The fraction of sp³-hybridized carbons (Fsp3) is 0.875. The van der Waals surface area contributed by atoms with Crippen molar-refractivity contribution in [2.45, 2.75) is 6.92 Å². The first-order valence-corrected chi connectivity index (χ1v) is 4.09. The van der Waals surface area contributed by atoms with E-state index in [0.29, 0.717) is 18.4 Å². The second-order valence-corrected chi connectivity index (χ2v) is 3.14. The molecule has 1 aliphatic heterocycles. The Morgan fingerprint density at radius 3 is 2.73 bits per heavy atom. The third-order valence-electron chi connectivity index (χ3n) is 2.51. The number of carbonyl (C=O) groups is 1. The van der Waals surface area contributed by atoms with Gasteiger partial charge in [0, 0.05) is 11.8 Å². The molecule has 0 radical (unpaired) electrons. The standard InChI is InChI=1S/C8H12O3/c1-2-11-8(9)7-5-3-10-4-6(5)7/h5-7H,2-4H2,1H3/t5-,6+,7+. The van der Waals surface area contributed by atoms with Gasteiger partial charge in [0.1, 0.15) is 0 Å². The topological polar surface area (TPSA) is 35.5 Å². The van der Waals surface area contributed by atoms with Crippen LogP contribution in [-0.4, -0.2) is 25.8 Å². The summed E-state index contributed by atoms with van der Waals surface area (Å²) >= 11 is 0. The van der Waals surface area contributed by atoms with E-state index in [0.717, 1.165) is 13.2 Å². The Hall–Kier alpha value is -0.570. The molecule has 0 unspecified atom stereocenters. The van der Waals surface area contributed by atoms with Crippen molar-refractivity contribution >= 4 is 5.97 Å². The molecule has 0 amide bonds. The van der Waals surface area contributed by atoms with Gasteiger partial charge in [0.05, 0.1) is 25.7 Å². The predicted molar refractivity (Wildman–Crippen MR) is 37.9 cm³/mol. The van der Waals surface area contributed by atoms with E-state index in [2.05, 4.69) is 0 Å². The first-order valence-electron chi connectivity index (χ1n) is 4.09. The highest BCUT2D eigenvalue weighted by Crippen LogP contribution is 2.51. The van der Waals surface area contributed by atoms with Gasteiger partial charge in [-0.05, 0) is 6.92 Å². The van der Waals surface area contributed by atoms with Gasteiger partial charge < -0.3 is 9.47 Å². The maximum Gasteiger partial charge on any atom is 0.309 e. The van der Waals surface area contributed by atoms with Crippen molar-refractivity contribution in [3.63, 3.8) is 0 Å². The van der Waals surface area contributed by atoms with Gasteiger partial charge in [-0.2, -0.15) is 0 Å². The fourth-order valence-corrected chi connectivity index (χ4v) is 1.83. The molecule has 0 N–H and O–H groups in total. The lowest BCUT2D eigenvalue weighted by atomic mass is 10.3. The molecule has 1 aliphatic carbocycles. The van der Waals surface area contributed by atoms with Crippen molar-refractivity contribution in [2.24, 2.45) is 17.8 Å². The maximum absolute atomic E-state index is 11.1. The van der Waals surface area contributed by atoms with Crippen molar-refractivity contribution in [3.8, 4) is 0 Å². The van der Waals surface area contributed by atoms with Crippen molar-refractivity contribution in [1.82, 2.24) is 0 Å². The van der Waals surface area contributed by atoms with E-state index in [1.54, 1.807) is 0 Å². The maximum atomic E-state index is 11.1. The summed E-state index contributed by atoms with van der Waals surface area (Å²) < 4.78 is 10.1. The summed E-state index contributed by atoms with van der Waals surface area (Å²) in [6, 6.07) is 0. The lowest BCUT2D eigenvalue weighted by Gasteiger charge is -2.02. The first kappa shape index (κ1) is 7.10. The fourth-order valence-electron chi connectivity index (χ4n) is 1.83. The zero-order valence-corrected chi connectivity index (χ0v) is 6.58. The van der Waals surface area contributed by atoms with Gasteiger partial charge >= 0.3 is 5.97 Å². The lowest BCUT2D eigenvalue weighted by molar-refractivity contribution is -0.146. The average Bonchev–Trinajstić information content (AvgIpc) is 2.47. The average molecular weight is 156 g/mol. The number of hydrogen-bond donors (Lipinski definition) is 0. The van der Waals surface area contributed by atoms with Crippen LogP contribution >= 0.6 is 0 Å². The molecule has 1 saturated carbocycles. The first-order chi connectivity index (χ1) is 5.34. The van der Waals surface area contributed by atoms with Crippen LogP contribution in [0, 0.1) is 17.8 Å². The minimum atomic E-state index is -0.0224. The molecule has 0 bridgehead atoms. The number of carbonyl (C=O) groups excluding carboxylic acids is 1. The van der Waals surface area contributed by atoms with Gasteiger partial charge in [-0.25, -0.2) is 0 Å². The van der Waals surface area contributed by atoms with E-state index in [1.165, 1.54) is 0 Å². The Bertz CT molecular complexity index is 168. The SMILES string of the molecule is CCOC(=O)[C@H]1[C@@H]2COC[C@@H]21. The second-order valence-electron chi connectivity index (χ2n) is 3.14. The smallest absolute Gasteiger partial charge is 0.309 e. The lowest BCUT2D eigenvalue weighted by Crippen LogP contribution is -2.12. The Morgan fingerprint density at radius 1 is 1.55 bits per heavy atom. The summed E-state index contributed by atoms with van der Waals surface area (Å²) in [7, 11) is 0.